The van der Waals surface area contributed by atoms with Crippen molar-refractivity contribution in [1.82, 2.24) is 29.6 Å². The van der Waals surface area contributed by atoms with Gasteiger partial charge in [-0.3, -0.25) is 9.48 Å². The SMILES string of the molecule is C[C@@H](NC(=O)c1cn(COCC[Si](C)(C)C)c2ncc(-c3nn(C)c4cc(F)ccc34)nc12)C1(C#N)CCCC1. The molecule has 11 heteroatoms. The van der Waals surface area contributed by atoms with Gasteiger partial charge < -0.3 is 14.6 Å². The number of nitrogens with zero attached hydrogens (tertiary/aromatic N) is 6. The van der Waals surface area contributed by atoms with E-state index in [4.69, 9.17) is 9.72 Å². The van der Waals surface area contributed by atoms with Gasteiger partial charge in [-0.05, 0) is 44.0 Å². The van der Waals surface area contributed by atoms with Crippen molar-refractivity contribution in [3.05, 3.63) is 42.0 Å². The van der Waals surface area contributed by atoms with E-state index in [-0.39, 0.29) is 24.5 Å². The van der Waals surface area contributed by atoms with Crippen molar-refractivity contribution < 1.29 is 13.9 Å². The molecule has 1 fully saturated rings. The second-order valence-electron chi connectivity index (χ2n) is 12.1. The number of carbonyl (C=O) groups excluding carboxylic acids is 1. The van der Waals surface area contributed by atoms with Gasteiger partial charge in [-0.25, -0.2) is 14.4 Å². The van der Waals surface area contributed by atoms with Gasteiger partial charge in [-0.15, -0.1) is 0 Å². The molecule has 5 rings (SSSR count). The Hall–Kier alpha value is -3.62. The van der Waals surface area contributed by atoms with Gasteiger partial charge >= 0.3 is 0 Å². The number of ether oxygens (including phenoxy) is 1. The van der Waals surface area contributed by atoms with Crippen LogP contribution in [-0.4, -0.2) is 50.9 Å². The third-order valence-corrected chi connectivity index (χ3v) is 9.69. The number of halogens is 1. The molecular formula is C29H36FN7O2Si. The van der Waals surface area contributed by atoms with Crippen LogP contribution in [0, 0.1) is 22.6 Å². The maximum absolute atomic E-state index is 13.9. The molecule has 3 heterocycles. The van der Waals surface area contributed by atoms with Crippen molar-refractivity contribution in [3.63, 3.8) is 0 Å². The third kappa shape index (κ3) is 5.38. The summed E-state index contributed by atoms with van der Waals surface area (Å²) in [6.45, 7) is 9.66. The van der Waals surface area contributed by atoms with Crippen LogP contribution in [0.4, 0.5) is 4.39 Å². The third-order valence-electron chi connectivity index (χ3n) is 7.99. The van der Waals surface area contributed by atoms with Crippen LogP contribution in [0.5, 0.6) is 0 Å². The Kier molecular flexibility index (Phi) is 7.50. The summed E-state index contributed by atoms with van der Waals surface area (Å²) >= 11 is 0. The Balaban J connectivity index is 1.52. The van der Waals surface area contributed by atoms with E-state index in [1.165, 1.54) is 12.1 Å². The standard InChI is InChI=1S/C29H36FN7O2Si/c1-19(29(17-31)10-6-7-11-29)33-28(38)22-16-37(18-39-12-13-40(3,4)5)27-26(22)34-23(15-32-27)25-21-9-8-20(30)14-24(21)36(2)35-25/h8-9,14-16,19H,6-7,10-13,18H2,1-5H3,(H,33,38)/t19-/m1/s1. The molecule has 0 spiro atoms. The summed E-state index contributed by atoms with van der Waals surface area (Å²) in [7, 11) is 0.491. The Bertz CT molecular complexity index is 1610. The summed E-state index contributed by atoms with van der Waals surface area (Å²) in [6.07, 6.45) is 6.87. The maximum Gasteiger partial charge on any atom is 0.255 e. The fraction of sp³-hybridized carbons (Fsp3) is 0.483. The maximum atomic E-state index is 13.9. The van der Waals surface area contributed by atoms with Crippen LogP contribution in [0.2, 0.25) is 25.7 Å². The minimum absolute atomic E-state index is 0.242. The number of benzene rings is 1. The summed E-state index contributed by atoms with van der Waals surface area (Å²) < 4.78 is 23.3. The lowest BCUT2D eigenvalue weighted by atomic mass is 9.81. The minimum Gasteiger partial charge on any atom is -0.361 e. The quantitative estimate of drug-likeness (QED) is 0.209. The smallest absolute Gasteiger partial charge is 0.255 e. The molecule has 0 unspecified atom stereocenters. The van der Waals surface area contributed by atoms with Crippen LogP contribution >= 0.6 is 0 Å². The van der Waals surface area contributed by atoms with E-state index in [9.17, 15) is 14.4 Å². The highest BCUT2D eigenvalue weighted by Crippen LogP contribution is 2.40. The first kappa shape index (κ1) is 27.9. The van der Waals surface area contributed by atoms with E-state index in [2.05, 4.69) is 41.1 Å². The molecule has 0 saturated heterocycles. The van der Waals surface area contributed by atoms with Crippen LogP contribution in [0.25, 0.3) is 33.5 Å². The molecule has 1 aromatic carbocycles. The van der Waals surface area contributed by atoms with Crippen molar-refractivity contribution in [3.8, 4) is 17.5 Å². The molecule has 1 aliphatic rings. The molecule has 40 heavy (non-hydrogen) atoms. The van der Waals surface area contributed by atoms with Gasteiger partial charge in [-0.1, -0.05) is 32.5 Å². The lowest BCUT2D eigenvalue weighted by Gasteiger charge is -2.28. The molecule has 210 valence electrons. The van der Waals surface area contributed by atoms with Crippen LogP contribution < -0.4 is 5.32 Å². The first-order chi connectivity index (χ1) is 19.0. The van der Waals surface area contributed by atoms with Gasteiger partial charge in [0.2, 0.25) is 0 Å². The number of rotatable bonds is 9. The second-order valence-corrected chi connectivity index (χ2v) is 17.7. The fourth-order valence-corrected chi connectivity index (χ4v) is 6.21. The molecule has 1 amide bonds. The molecule has 9 nitrogen and oxygen atoms in total. The molecule has 0 bridgehead atoms. The monoisotopic (exact) mass is 561 g/mol. The normalized spacial score (nSPS) is 15.9. The largest absolute Gasteiger partial charge is 0.361 e. The summed E-state index contributed by atoms with van der Waals surface area (Å²) in [5, 5.41) is 18.3. The highest BCUT2D eigenvalue weighted by Gasteiger charge is 2.40. The number of aryl methyl sites for hydroxylation is 1. The van der Waals surface area contributed by atoms with Gasteiger partial charge in [0.05, 0.1) is 28.8 Å². The average molecular weight is 562 g/mol. The van der Waals surface area contributed by atoms with Crippen molar-refractivity contribution in [2.45, 2.75) is 71.1 Å². The number of amides is 1. The van der Waals surface area contributed by atoms with Gasteiger partial charge in [0.25, 0.3) is 5.91 Å². The van der Waals surface area contributed by atoms with E-state index >= 15 is 0 Å². The van der Waals surface area contributed by atoms with Gasteiger partial charge in [0, 0.05) is 39.4 Å². The van der Waals surface area contributed by atoms with E-state index in [0.29, 0.717) is 40.2 Å². The zero-order chi connectivity index (χ0) is 28.7. The molecular weight excluding hydrogens is 525 g/mol. The Morgan fingerprint density at radius 2 is 2.05 bits per heavy atom. The predicted molar refractivity (Wildman–Crippen MR) is 155 cm³/mol. The lowest BCUT2D eigenvalue weighted by Crippen LogP contribution is -2.44. The average Bonchev–Trinajstić information content (AvgIpc) is 3.62. The Labute approximate surface area is 234 Å². The van der Waals surface area contributed by atoms with Gasteiger partial charge in [0.1, 0.15) is 29.5 Å². The number of fused-ring (bicyclic) bond motifs is 2. The molecule has 1 atom stereocenters. The summed E-state index contributed by atoms with van der Waals surface area (Å²) in [4.78, 5) is 23.2. The molecule has 4 aromatic rings. The van der Waals surface area contributed by atoms with E-state index in [0.717, 1.165) is 37.1 Å². The van der Waals surface area contributed by atoms with Crippen molar-refractivity contribution in [2.75, 3.05) is 6.61 Å². The molecule has 0 aliphatic heterocycles. The van der Waals surface area contributed by atoms with Gasteiger partial charge in [0.15, 0.2) is 5.65 Å². The number of nitrogens with one attached hydrogen (secondary N) is 1. The Morgan fingerprint density at radius 3 is 2.75 bits per heavy atom. The molecule has 1 saturated carbocycles. The first-order valence-electron chi connectivity index (χ1n) is 13.8. The number of carbonyl (C=O) groups is 1. The summed E-state index contributed by atoms with van der Waals surface area (Å²) in [5.74, 6) is -0.653. The molecule has 1 N–H and O–H groups in total. The van der Waals surface area contributed by atoms with Crippen molar-refractivity contribution in [2.24, 2.45) is 12.5 Å². The zero-order valence-corrected chi connectivity index (χ0v) is 24.8. The number of hydrogen-bond acceptors (Lipinski definition) is 6. The fourth-order valence-electron chi connectivity index (χ4n) is 5.45. The Morgan fingerprint density at radius 1 is 1.30 bits per heavy atom. The van der Waals surface area contributed by atoms with E-state index in [1.807, 2.05) is 6.92 Å². The summed E-state index contributed by atoms with van der Waals surface area (Å²) in [6, 6.07) is 7.68. The predicted octanol–water partition coefficient (Wildman–Crippen LogP) is 5.64. The highest BCUT2D eigenvalue weighted by molar-refractivity contribution is 6.76. The lowest BCUT2D eigenvalue weighted by molar-refractivity contribution is 0.0884. The van der Waals surface area contributed by atoms with Crippen LogP contribution in [0.3, 0.4) is 0 Å². The molecule has 0 radical (unpaired) electrons. The minimum atomic E-state index is -1.26. The summed E-state index contributed by atoms with van der Waals surface area (Å²) in [5.41, 5.74) is 2.42. The van der Waals surface area contributed by atoms with Crippen molar-refractivity contribution in [1.29, 1.82) is 5.26 Å². The van der Waals surface area contributed by atoms with Gasteiger partial charge in [-0.2, -0.15) is 10.4 Å². The molecule has 1 aliphatic carbocycles. The van der Waals surface area contributed by atoms with Crippen LogP contribution in [0.15, 0.2) is 30.6 Å². The highest BCUT2D eigenvalue weighted by atomic mass is 28.3. The number of nitriles is 1. The second kappa shape index (κ2) is 10.7. The zero-order valence-electron chi connectivity index (χ0n) is 23.8. The van der Waals surface area contributed by atoms with Crippen LogP contribution in [-0.2, 0) is 18.5 Å². The van der Waals surface area contributed by atoms with E-state index < -0.39 is 13.5 Å². The number of hydrogen-bond donors (Lipinski definition) is 1. The van der Waals surface area contributed by atoms with E-state index in [1.54, 1.807) is 34.8 Å². The topological polar surface area (TPSA) is 111 Å². The number of aromatic nitrogens is 5. The first-order valence-corrected chi connectivity index (χ1v) is 17.5. The molecule has 3 aromatic heterocycles. The van der Waals surface area contributed by atoms with Crippen molar-refractivity contribution >= 4 is 36.0 Å². The van der Waals surface area contributed by atoms with Crippen LogP contribution in [0.1, 0.15) is 43.0 Å².